The monoisotopic (exact) mass is 385 g/mol. The molecule has 1 aromatic carbocycles. The molecule has 0 aliphatic heterocycles. The van der Waals surface area contributed by atoms with E-state index in [9.17, 15) is 13.2 Å². The number of halogens is 3. The maximum Gasteiger partial charge on any atom is 0.348 e. The molecule has 0 radical (unpaired) electrons. The third kappa shape index (κ3) is 3.20. The Morgan fingerprint density at radius 3 is 2.61 bits per heavy atom. The van der Waals surface area contributed by atoms with Crippen LogP contribution in [0.15, 0.2) is 42.6 Å². The van der Waals surface area contributed by atoms with Crippen LogP contribution in [0, 0.1) is 12.7 Å². The Labute approximate surface area is 156 Å². The van der Waals surface area contributed by atoms with Gasteiger partial charge in [0.1, 0.15) is 17.3 Å². The average Bonchev–Trinajstić information content (AvgIpc) is 3.06. The van der Waals surface area contributed by atoms with Gasteiger partial charge in [-0.1, -0.05) is 0 Å². The molecule has 4 rings (SSSR count). The van der Waals surface area contributed by atoms with Crippen molar-refractivity contribution in [3.05, 3.63) is 65.6 Å². The zero-order valence-electron chi connectivity index (χ0n) is 14.5. The van der Waals surface area contributed by atoms with Gasteiger partial charge in [0.25, 0.3) is 0 Å². The summed E-state index contributed by atoms with van der Waals surface area (Å²) in [6, 6.07) is 8.21. The van der Waals surface area contributed by atoms with Gasteiger partial charge in [-0.15, -0.1) is 0 Å². The molecule has 0 fully saturated rings. The van der Waals surface area contributed by atoms with Gasteiger partial charge in [-0.05, 0) is 37.3 Å². The molecule has 0 aliphatic carbocycles. The number of alkyl halides is 2. The number of nitrogen functional groups attached to an aromatic ring is 1. The van der Waals surface area contributed by atoms with Crippen molar-refractivity contribution in [2.24, 2.45) is 0 Å². The molecule has 4 aromatic rings. The molecule has 10 heteroatoms. The van der Waals surface area contributed by atoms with E-state index in [1.54, 1.807) is 25.1 Å². The van der Waals surface area contributed by atoms with Crippen LogP contribution in [0.4, 0.5) is 30.5 Å². The van der Waals surface area contributed by atoms with Crippen LogP contribution in [0.3, 0.4) is 0 Å². The lowest BCUT2D eigenvalue weighted by molar-refractivity contribution is 0.0285. The number of aromatic amines is 1. The van der Waals surface area contributed by atoms with Crippen molar-refractivity contribution >= 4 is 28.2 Å². The number of rotatable bonds is 4. The van der Waals surface area contributed by atoms with Crippen molar-refractivity contribution in [2.75, 3.05) is 11.1 Å². The fourth-order valence-electron chi connectivity index (χ4n) is 2.66. The summed E-state index contributed by atoms with van der Waals surface area (Å²) >= 11 is 0. The molecule has 0 aliphatic rings. The van der Waals surface area contributed by atoms with E-state index in [2.05, 4.69) is 30.5 Å². The number of hydrogen-bond donors (Lipinski definition) is 3. The molecule has 3 aromatic heterocycles. The topological polar surface area (TPSA) is 105 Å². The summed E-state index contributed by atoms with van der Waals surface area (Å²) in [4.78, 5) is 11.4. The van der Waals surface area contributed by atoms with E-state index in [1.165, 1.54) is 6.07 Å². The third-order valence-electron chi connectivity index (χ3n) is 4.00. The number of H-pyrrole nitrogens is 1. The van der Waals surface area contributed by atoms with Gasteiger partial charge >= 0.3 is 5.92 Å². The number of nitrogens with zero attached hydrogens (tertiary/aromatic N) is 4. The number of hydrogen-bond acceptors (Lipinski definition) is 6. The second-order valence-corrected chi connectivity index (χ2v) is 6.17. The first-order valence-corrected chi connectivity index (χ1v) is 8.19. The number of benzene rings is 1. The summed E-state index contributed by atoms with van der Waals surface area (Å²) in [5, 5.41) is 10.2. The van der Waals surface area contributed by atoms with Gasteiger partial charge in [-0.25, -0.2) is 14.4 Å². The summed E-state index contributed by atoms with van der Waals surface area (Å²) in [6.07, 6.45) is 0.716. The SMILES string of the molecule is Cc1cc(Nc2nc(C(F)(F)c3ccc(F)cn3)nc3cc(N)ccc23)n[nH]1. The molecule has 0 atom stereocenters. The van der Waals surface area contributed by atoms with Gasteiger partial charge in [0.2, 0.25) is 5.82 Å². The highest BCUT2D eigenvalue weighted by atomic mass is 19.3. The zero-order chi connectivity index (χ0) is 19.9. The summed E-state index contributed by atoms with van der Waals surface area (Å²) in [5.41, 5.74) is 6.48. The molecule has 0 amide bonds. The predicted octanol–water partition coefficient (Wildman–Crippen LogP) is 3.66. The van der Waals surface area contributed by atoms with Crippen molar-refractivity contribution in [1.82, 2.24) is 25.1 Å². The highest BCUT2D eigenvalue weighted by Gasteiger charge is 2.40. The molecular formula is C18H14F3N7. The van der Waals surface area contributed by atoms with Crippen molar-refractivity contribution in [1.29, 1.82) is 0 Å². The second kappa shape index (κ2) is 6.48. The molecule has 0 saturated heterocycles. The average molecular weight is 385 g/mol. The first kappa shape index (κ1) is 17.7. The Morgan fingerprint density at radius 2 is 1.93 bits per heavy atom. The second-order valence-electron chi connectivity index (χ2n) is 6.17. The minimum Gasteiger partial charge on any atom is -0.399 e. The van der Waals surface area contributed by atoms with E-state index in [0.717, 1.165) is 17.8 Å². The summed E-state index contributed by atoms with van der Waals surface area (Å²) in [5.74, 6) is -4.62. The van der Waals surface area contributed by atoms with E-state index < -0.39 is 23.3 Å². The van der Waals surface area contributed by atoms with E-state index in [0.29, 0.717) is 23.1 Å². The highest BCUT2D eigenvalue weighted by Crippen LogP contribution is 2.35. The van der Waals surface area contributed by atoms with Crippen LogP contribution in [-0.4, -0.2) is 25.1 Å². The van der Waals surface area contributed by atoms with Gasteiger partial charge in [0.05, 0.1) is 11.7 Å². The number of nitrogens with two attached hydrogens (primary N) is 1. The molecule has 28 heavy (non-hydrogen) atoms. The summed E-state index contributed by atoms with van der Waals surface area (Å²) < 4.78 is 43.0. The number of nitrogens with one attached hydrogen (secondary N) is 2. The van der Waals surface area contributed by atoms with Gasteiger partial charge in [0.15, 0.2) is 5.82 Å². The third-order valence-corrected chi connectivity index (χ3v) is 4.00. The zero-order valence-corrected chi connectivity index (χ0v) is 14.5. The lowest BCUT2D eigenvalue weighted by Crippen LogP contribution is -2.21. The Bertz CT molecular complexity index is 1160. The van der Waals surface area contributed by atoms with Crippen molar-refractivity contribution in [2.45, 2.75) is 12.8 Å². The Hall–Kier alpha value is -3.69. The van der Waals surface area contributed by atoms with Gasteiger partial charge < -0.3 is 11.1 Å². The molecule has 0 bridgehead atoms. The van der Waals surface area contributed by atoms with Crippen LogP contribution < -0.4 is 11.1 Å². The van der Waals surface area contributed by atoms with E-state index in [1.807, 2.05) is 0 Å². The number of fused-ring (bicyclic) bond motifs is 1. The lowest BCUT2D eigenvalue weighted by Gasteiger charge is -2.17. The number of pyridine rings is 1. The van der Waals surface area contributed by atoms with Crippen molar-refractivity contribution in [3.63, 3.8) is 0 Å². The van der Waals surface area contributed by atoms with Crippen LogP contribution in [-0.2, 0) is 5.92 Å². The molecular weight excluding hydrogens is 371 g/mol. The van der Waals surface area contributed by atoms with Gasteiger partial charge in [-0.3, -0.25) is 10.1 Å². The number of aromatic nitrogens is 5. The van der Waals surface area contributed by atoms with Crippen LogP contribution in [0.1, 0.15) is 17.2 Å². The van der Waals surface area contributed by atoms with E-state index in [4.69, 9.17) is 5.73 Å². The fraction of sp³-hybridized carbons (Fsp3) is 0.111. The summed E-state index contributed by atoms with van der Waals surface area (Å²) in [6.45, 7) is 1.80. The fourth-order valence-corrected chi connectivity index (χ4v) is 2.66. The first-order chi connectivity index (χ1) is 13.3. The quantitative estimate of drug-likeness (QED) is 0.463. The van der Waals surface area contributed by atoms with Crippen LogP contribution in [0.5, 0.6) is 0 Å². The standard InChI is InChI=1S/C18H14F3N7/c1-9-6-15(28-27-9)25-16-12-4-3-11(22)7-13(12)24-17(26-16)18(20,21)14-5-2-10(19)8-23-14/h2-8H,22H2,1H3,(H2,24,25,26,27,28). The normalized spacial score (nSPS) is 11.7. The lowest BCUT2D eigenvalue weighted by atomic mass is 10.1. The van der Waals surface area contributed by atoms with Crippen molar-refractivity contribution in [3.8, 4) is 0 Å². The largest absolute Gasteiger partial charge is 0.399 e. The first-order valence-electron chi connectivity index (χ1n) is 8.19. The van der Waals surface area contributed by atoms with Crippen LogP contribution in [0.2, 0.25) is 0 Å². The maximum absolute atomic E-state index is 15.0. The van der Waals surface area contributed by atoms with Crippen molar-refractivity contribution < 1.29 is 13.2 Å². The highest BCUT2D eigenvalue weighted by molar-refractivity contribution is 5.92. The Kier molecular flexibility index (Phi) is 4.10. The molecule has 3 heterocycles. The van der Waals surface area contributed by atoms with Crippen LogP contribution in [0.25, 0.3) is 10.9 Å². The van der Waals surface area contributed by atoms with E-state index in [-0.39, 0.29) is 11.3 Å². The summed E-state index contributed by atoms with van der Waals surface area (Å²) in [7, 11) is 0. The Morgan fingerprint density at radius 1 is 1.11 bits per heavy atom. The maximum atomic E-state index is 15.0. The minimum atomic E-state index is -3.65. The number of anilines is 3. The minimum absolute atomic E-state index is 0.133. The molecule has 4 N–H and O–H groups in total. The Balaban J connectivity index is 1.87. The van der Waals surface area contributed by atoms with E-state index >= 15 is 0 Å². The molecule has 7 nitrogen and oxygen atoms in total. The molecule has 0 spiro atoms. The van der Waals surface area contributed by atoms with Crippen LogP contribution >= 0.6 is 0 Å². The van der Waals surface area contributed by atoms with Gasteiger partial charge in [-0.2, -0.15) is 13.9 Å². The molecule has 142 valence electrons. The van der Waals surface area contributed by atoms with Gasteiger partial charge in [0, 0.05) is 22.8 Å². The smallest absolute Gasteiger partial charge is 0.348 e. The molecule has 0 saturated carbocycles. The number of aryl methyl sites for hydroxylation is 1. The predicted molar refractivity (Wildman–Crippen MR) is 97.7 cm³/mol. The molecule has 0 unspecified atom stereocenters.